The first-order valence-electron chi connectivity index (χ1n) is 11.3. The lowest BCUT2D eigenvalue weighted by molar-refractivity contribution is -0.170. The highest BCUT2D eigenvalue weighted by atomic mass is 19.4. The van der Waals surface area contributed by atoms with Crippen LogP contribution in [-0.2, 0) is 14.3 Å². The van der Waals surface area contributed by atoms with Crippen molar-refractivity contribution in [2.45, 2.75) is 49.9 Å². The van der Waals surface area contributed by atoms with Gasteiger partial charge in [-0.25, -0.2) is 4.79 Å². The van der Waals surface area contributed by atoms with Crippen molar-refractivity contribution >= 4 is 18.0 Å². The molecule has 35 heavy (non-hydrogen) atoms. The number of carbonyl (C=O) groups excluding carboxylic acids is 2. The van der Waals surface area contributed by atoms with Crippen molar-refractivity contribution in [1.82, 2.24) is 10.6 Å². The monoisotopic (exact) mass is 490 g/mol. The van der Waals surface area contributed by atoms with E-state index in [2.05, 4.69) is 5.32 Å². The highest BCUT2D eigenvalue weighted by Gasteiger charge is 2.43. The fourth-order valence-electron chi connectivity index (χ4n) is 4.87. The van der Waals surface area contributed by atoms with Crippen molar-refractivity contribution in [1.29, 1.82) is 0 Å². The largest absolute Gasteiger partial charge is 0.481 e. The first-order chi connectivity index (χ1) is 16.6. The summed E-state index contributed by atoms with van der Waals surface area (Å²) in [5, 5.41) is 13.2. The van der Waals surface area contributed by atoms with Crippen LogP contribution in [0.3, 0.4) is 0 Å². The summed E-state index contributed by atoms with van der Waals surface area (Å²) >= 11 is 0. The number of rotatable bonds is 7. The van der Waals surface area contributed by atoms with Gasteiger partial charge in [0.1, 0.15) is 12.6 Å². The third kappa shape index (κ3) is 5.58. The van der Waals surface area contributed by atoms with Crippen molar-refractivity contribution in [3.05, 3.63) is 59.7 Å². The lowest BCUT2D eigenvalue weighted by atomic mass is 9.98. The Morgan fingerprint density at radius 2 is 1.60 bits per heavy atom. The van der Waals surface area contributed by atoms with Crippen LogP contribution in [0.2, 0.25) is 0 Å². The van der Waals surface area contributed by atoms with Crippen LogP contribution < -0.4 is 10.6 Å². The molecule has 2 aliphatic rings. The maximum Gasteiger partial charge on any atom is 0.409 e. The molecule has 0 heterocycles. The number of alkyl halides is 3. The van der Waals surface area contributed by atoms with Crippen LogP contribution >= 0.6 is 0 Å². The molecule has 0 spiro atoms. The smallest absolute Gasteiger partial charge is 0.409 e. The third-order valence-corrected chi connectivity index (χ3v) is 6.56. The summed E-state index contributed by atoms with van der Waals surface area (Å²) in [4.78, 5) is 35.5. The van der Waals surface area contributed by atoms with Gasteiger partial charge in [0.25, 0.3) is 0 Å². The van der Waals surface area contributed by atoms with Gasteiger partial charge in [0.2, 0.25) is 5.91 Å². The van der Waals surface area contributed by atoms with Gasteiger partial charge in [-0.15, -0.1) is 0 Å². The molecule has 2 aromatic carbocycles. The summed E-state index contributed by atoms with van der Waals surface area (Å²) in [6, 6.07) is 12.9. The Balaban J connectivity index is 1.29. The van der Waals surface area contributed by atoms with Crippen LogP contribution in [-0.4, -0.2) is 47.9 Å². The third-order valence-electron chi connectivity index (χ3n) is 6.56. The second-order valence-electron chi connectivity index (χ2n) is 8.88. The molecule has 2 amide bonds. The minimum Gasteiger partial charge on any atom is -0.481 e. The Morgan fingerprint density at radius 1 is 1.00 bits per heavy atom. The van der Waals surface area contributed by atoms with E-state index < -0.39 is 48.6 Å². The second-order valence-corrected chi connectivity index (χ2v) is 8.88. The molecule has 1 saturated carbocycles. The molecule has 0 bridgehead atoms. The number of hydrogen-bond donors (Lipinski definition) is 3. The molecular formula is C25H25F3N2O5. The number of carboxylic acids is 1. The Kier molecular flexibility index (Phi) is 7.00. The Bertz CT molecular complexity index is 1070. The molecule has 3 N–H and O–H groups in total. The Hall–Kier alpha value is -3.56. The van der Waals surface area contributed by atoms with E-state index in [9.17, 15) is 27.6 Å². The van der Waals surface area contributed by atoms with Crippen molar-refractivity contribution in [2.75, 3.05) is 6.61 Å². The van der Waals surface area contributed by atoms with E-state index in [1.54, 1.807) is 5.32 Å². The standard InChI is InChI=1S/C25H25F3N2O5/c26-25(27,28)21(12-22(31)32)30-23(33)14-9-10-15(11-14)29-24(34)35-13-20-18-7-3-1-5-16(18)17-6-2-4-8-19(17)20/h1-8,14-15,20-21H,9-13H2,(H,29,34)(H,30,33)(H,31,32)/t14-,15+,21?/m0/s1. The molecule has 2 aromatic rings. The maximum absolute atomic E-state index is 13.0. The van der Waals surface area contributed by atoms with Crippen LogP contribution in [0.15, 0.2) is 48.5 Å². The van der Waals surface area contributed by atoms with Gasteiger partial charge in [-0.2, -0.15) is 13.2 Å². The fourth-order valence-corrected chi connectivity index (χ4v) is 4.87. The van der Waals surface area contributed by atoms with Crippen LogP contribution in [0.5, 0.6) is 0 Å². The van der Waals surface area contributed by atoms with Crippen molar-refractivity contribution in [3.63, 3.8) is 0 Å². The molecule has 2 aliphatic carbocycles. The van der Waals surface area contributed by atoms with Gasteiger partial charge >= 0.3 is 18.2 Å². The minimum absolute atomic E-state index is 0.108. The molecule has 1 unspecified atom stereocenters. The molecule has 186 valence electrons. The number of carboxylic acid groups (broad SMARTS) is 1. The van der Waals surface area contributed by atoms with E-state index in [-0.39, 0.29) is 25.4 Å². The zero-order valence-electron chi connectivity index (χ0n) is 18.7. The molecule has 4 rings (SSSR count). The minimum atomic E-state index is -4.87. The zero-order chi connectivity index (χ0) is 25.2. The topological polar surface area (TPSA) is 105 Å². The van der Waals surface area contributed by atoms with E-state index in [0.717, 1.165) is 22.3 Å². The number of alkyl carbamates (subject to hydrolysis) is 1. The summed E-state index contributed by atoms with van der Waals surface area (Å²) < 4.78 is 44.6. The summed E-state index contributed by atoms with van der Waals surface area (Å²) in [6.45, 7) is 0.124. The van der Waals surface area contributed by atoms with E-state index in [1.807, 2.05) is 48.5 Å². The molecule has 10 heteroatoms. The number of carbonyl (C=O) groups is 3. The number of ether oxygens (including phenoxy) is 1. The van der Waals surface area contributed by atoms with Gasteiger partial charge in [0.15, 0.2) is 0 Å². The molecule has 3 atom stereocenters. The van der Waals surface area contributed by atoms with Gasteiger partial charge in [0, 0.05) is 17.9 Å². The summed E-state index contributed by atoms with van der Waals surface area (Å²) in [5.41, 5.74) is 4.34. The predicted octanol–water partition coefficient (Wildman–Crippen LogP) is 4.22. The SMILES string of the molecule is O=C(O)CC(NC(=O)[C@H]1CC[C@@H](NC(=O)OCC2c3ccccc3-c3ccccc32)C1)C(F)(F)F. The summed E-state index contributed by atoms with van der Waals surface area (Å²) in [6.07, 6.45) is -5.95. The van der Waals surface area contributed by atoms with Gasteiger partial charge in [-0.05, 0) is 41.5 Å². The van der Waals surface area contributed by atoms with Crippen LogP contribution in [0.1, 0.15) is 42.7 Å². The second kappa shape index (κ2) is 9.97. The molecule has 0 radical (unpaired) electrons. The van der Waals surface area contributed by atoms with E-state index in [0.29, 0.717) is 6.42 Å². The molecule has 7 nitrogen and oxygen atoms in total. The molecule has 1 fully saturated rings. The zero-order valence-corrected chi connectivity index (χ0v) is 18.7. The molecule has 0 aromatic heterocycles. The summed E-state index contributed by atoms with van der Waals surface area (Å²) in [5.74, 6) is -3.39. The Morgan fingerprint density at radius 3 is 2.17 bits per heavy atom. The lowest BCUT2D eigenvalue weighted by Crippen LogP contribution is -2.48. The number of hydrogen-bond acceptors (Lipinski definition) is 4. The quantitative estimate of drug-likeness (QED) is 0.539. The number of nitrogens with one attached hydrogen (secondary N) is 2. The van der Waals surface area contributed by atoms with Gasteiger partial charge in [0.05, 0.1) is 6.42 Å². The van der Waals surface area contributed by atoms with Crippen LogP contribution in [0.25, 0.3) is 11.1 Å². The lowest BCUT2D eigenvalue weighted by Gasteiger charge is -2.22. The predicted molar refractivity (Wildman–Crippen MR) is 120 cm³/mol. The Labute approximate surface area is 199 Å². The summed E-state index contributed by atoms with van der Waals surface area (Å²) in [7, 11) is 0. The number of benzene rings is 2. The first kappa shape index (κ1) is 24.6. The fraction of sp³-hybridized carbons (Fsp3) is 0.400. The van der Waals surface area contributed by atoms with Crippen LogP contribution in [0, 0.1) is 5.92 Å². The van der Waals surface area contributed by atoms with Gasteiger partial charge < -0.3 is 20.5 Å². The first-order valence-corrected chi connectivity index (χ1v) is 11.3. The number of halogens is 3. The van der Waals surface area contributed by atoms with Crippen LogP contribution in [0.4, 0.5) is 18.0 Å². The molecular weight excluding hydrogens is 465 g/mol. The molecule has 0 aliphatic heterocycles. The number of aliphatic carboxylic acids is 1. The normalized spacial score (nSPS) is 20.0. The van der Waals surface area contributed by atoms with Crippen molar-refractivity contribution < 1.29 is 37.4 Å². The number of amides is 2. The maximum atomic E-state index is 13.0. The highest BCUT2D eigenvalue weighted by molar-refractivity contribution is 5.81. The van der Waals surface area contributed by atoms with Crippen molar-refractivity contribution in [2.24, 2.45) is 5.92 Å². The highest BCUT2D eigenvalue weighted by Crippen LogP contribution is 2.44. The van der Waals surface area contributed by atoms with Gasteiger partial charge in [-0.3, -0.25) is 9.59 Å². The average molecular weight is 490 g/mol. The average Bonchev–Trinajstić information content (AvgIpc) is 3.39. The van der Waals surface area contributed by atoms with Gasteiger partial charge in [-0.1, -0.05) is 48.5 Å². The van der Waals surface area contributed by atoms with E-state index in [1.165, 1.54) is 0 Å². The van der Waals surface area contributed by atoms with E-state index >= 15 is 0 Å². The van der Waals surface area contributed by atoms with E-state index in [4.69, 9.17) is 9.84 Å². The number of fused-ring (bicyclic) bond motifs is 3. The van der Waals surface area contributed by atoms with Crippen molar-refractivity contribution in [3.8, 4) is 11.1 Å². The molecule has 0 saturated heterocycles.